The number of amides is 2. The maximum Gasteiger partial charge on any atom is 0.264 e. The summed E-state index contributed by atoms with van der Waals surface area (Å²) in [6.45, 7) is 4.30. The summed E-state index contributed by atoms with van der Waals surface area (Å²) in [5.74, 6) is -1.23. The molecule has 2 atom stereocenters. The number of benzene rings is 3. The Bertz CT molecular complexity index is 1500. The quantitative estimate of drug-likeness (QED) is 0.288. The highest BCUT2D eigenvalue weighted by Crippen LogP contribution is 2.32. The number of halogens is 2. The smallest absolute Gasteiger partial charge is 0.264 e. The van der Waals surface area contributed by atoms with Gasteiger partial charge in [-0.25, -0.2) is 12.8 Å². The van der Waals surface area contributed by atoms with Gasteiger partial charge in [-0.2, -0.15) is 0 Å². The zero-order valence-electron chi connectivity index (χ0n) is 24.1. The van der Waals surface area contributed by atoms with Gasteiger partial charge in [0.25, 0.3) is 10.0 Å². The second-order valence-electron chi connectivity index (χ2n) is 9.61. The number of sulfonamides is 1. The van der Waals surface area contributed by atoms with Gasteiger partial charge in [0, 0.05) is 29.2 Å². The van der Waals surface area contributed by atoms with Crippen LogP contribution in [0.5, 0.6) is 11.5 Å². The van der Waals surface area contributed by atoms with E-state index in [9.17, 15) is 22.4 Å². The van der Waals surface area contributed by atoms with E-state index in [-0.39, 0.29) is 34.5 Å². The summed E-state index contributed by atoms with van der Waals surface area (Å²) in [5, 5.41) is 3.20. The Hall–Kier alpha value is -3.83. The van der Waals surface area contributed by atoms with Crippen molar-refractivity contribution in [2.45, 2.75) is 50.7 Å². The summed E-state index contributed by atoms with van der Waals surface area (Å²) in [6, 6.07) is 14.7. The Morgan fingerprint density at radius 1 is 0.976 bits per heavy atom. The van der Waals surface area contributed by atoms with Crippen LogP contribution in [-0.2, 0) is 26.2 Å². The van der Waals surface area contributed by atoms with E-state index in [0.29, 0.717) is 17.2 Å². The molecule has 3 rings (SSSR count). The van der Waals surface area contributed by atoms with E-state index in [1.165, 1.54) is 86.7 Å². The molecule has 226 valence electrons. The van der Waals surface area contributed by atoms with Crippen molar-refractivity contribution in [1.29, 1.82) is 0 Å². The van der Waals surface area contributed by atoms with Gasteiger partial charge in [0.2, 0.25) is 11.8 Å². The molecule has 0 bridgehead atoms. The lowest BCUT2D eigenvalue weighted by atomic mass is 10.1. The average molecular weight is 620 g/mol. The van der Waals surface area contributed by atoms with E-state index >= 15 is 0 Å². The third kappa shape index (κ3) is 7.71. The predicted molar refractivity (Wildman–Crippen MR) is 160 cm³/mol. The van der Waals surface area contributed by atoms with Crippen LogP contribution in [0.2, 0.25) is 5.02 Å². The molecule has 0 heterocycles. The highest BCUT2D eigenvalue weighted by Gasteiger charge is 2.33. The van der Waals surface area contributed by atoms with E-state index < -0.39 is 40.2 Å². The molecule has 12 heteroatoms. The van der Waals surface area contributed by atoms with E-state index in [4.69, 9.17) is 21.1 Å². The molecule has 3 aromatic rings. The highest BCUT2D eigenvalue weighted by molar-refractivity contribution is 7.92. The van der Waals surface area contributed by atoms with Crippen molar-refractivity contribution < 1.29 is 31.9 Å². The van der Waals surface area contributed by atoms with Crippen LogP contribution >= 0.6 is 11.6 Å². The molecule has 0 unspecified atom stereocenters. The van der Waals surface area contributed by atoms with Crippen LogP contribution in [0.4, 0.5) is 10.1 Å². The number of nitrogens with zero attached hydrogens (tertiary/aromatic N) is 2. The van der Waals surface area contributed by atoms with Gasteiger partial charge in [0.15, 0.2) is 11.5 Å². The zero-order valence-corrected chi connectivity index (χ0v) is 25.7. The molecule has 0 saturated carbocycles. The number of rotatable bonds is 13. The first-order chi connectivity index (χ1) is 19.9. The lowest BCUT2D eigenvalue weighted by molar-refractivity contribution is -0.139. The Balaban J connectivity index is 2.07. The number of anilines is 1. The standard InChI is InChI=1S/C30H35ClFN3O6S/c1-6-20(2)33-30(37)21(3)34(18-22-9-7-8-10-26(22)32)29(36)19-35(24-13-11-23(31)12-14-24)42(38,39)25-15-16-27(40-4)28(17-25)41-5/h7-17,20-21H,6,18-19H2,1-5H3,(H,33,37)/t20-,21+/m1/s1. The lowest BCUT2D eigenvalue weighted by Gasteiger charge is -2.32. The molecular weight excluding hydrogens is 585 g/mol. The first kappa shape index (κ1) is 32.7. The van der Waals surface area contributed by atoms with Crippen LogP contribution in [0.3, 0.4) is 0 Å². The van der Waals surface area contributed by atoms with Crippen LogP contribution < -0.4 is 19.1 Å². The van der Waals surface area contributed by atoms with E-state index in [0.717, 1.165) is 4.31 Å². The van der Waals surface area contributed by atoms with E-state index in [2.05, 4.69) is 5.32 Å². The number of carbonyl (C=O) groups is 2. The number of methoxy groups -OCH3 is 2. The summed E-state index contributed by atoms with van der Waals surface area (Å²) in [4.78, 5) is 28.1. The number of carbonyl (C=O) groups excluding carboxylic acids is 2. The second-order valence-corrected chi connectivity index (χ2v) is 11.9. The summed E-state index contributed by atoms with van der Waals surface area (Å²) >= 11 is 6.06. The second kappa shape index (κ2) is 14.4. The summed E-state index contributed by atoms with van der Waals surface area (Å²) in [7, 11) is -1.57. The minimum Gasteiger partial charge on any atom is -0.493 e. The van der Waals surface area contributed by atoms with Crippen molar-refractivity contribution in [1.82, 2.24) is 10.2 Å². The third-order valence-electron chi connectivity index (χ3n) is 6.80. The zero-order chi connectivity index (χ0) is 31.0. The first-order valence-electron chi connectivity index (χ1n) is 13.3. The molecule has 9 nitrogen and oxygen atoms in total. The number of hydrogen-bond donors (Lipinski definition) is 1. The Kier molecular flexibility index (Phi) is 11.2. The molecule has 0 aromatic heterocycles. The SMILES string of the molecule is CC[C@@H](C)NC(=O)[C@H](C)N(Cc1ccccc1F)C(=O)CN(c1ccc(Cl)cc1)S(=O)(=O)c1ccc(OC)c(OC)c1. The van der Waals surface area contributed by atoms with Gasteiger partial charge in [-0.1, -0.05) is 36.7 Å². The largest absolute Gasteiger partial charge is 0.493 e. The van der Waals surface area contributed by atoms with Crippen molar-refractivity contribution in [3.63, 3.8) is 0 Å². The molecule has 0 radical (unpaired) electrons. The molecule has 0 saturated heterocycles. The molecule has 3 aromatic carbocycles. The van der Waals surface area contributed by atoms with Crippen molar-refractivity contribution >= 4 is 39.1 Å². The van der Waals surface area contributed by atoms with Gasteiger partial charge >= 0.3 is 0 Å². The molecule has 0 fully saturated rings. The first-order valence-corrected chi connectivity index (χ1v) is 15.1. The predicted octanol–water partition coefficient (Wildman–Crippen LogP) is 5.02. The maximum absolute atomic E-state index is 14.7. The van der Waals surface area contributed by atoms with Gasteiger partial charge in [-0.3, -0.25) is 13.9 Å². The fraction of sp³-hybridized carbons (Fsp3) is 0.333. The molecule has 1 N–H and O–H groups in total. The monoisotopic (exact) mass is 619 g/mol. The van der Waals surface area contributed by atoms with Crippen molar-refractivity contribution in [2.75, 3.05) is 25.1 Å². The summed E-state index contributed by atoms with van der Waals surface area (Å²) in [6.07, 6.45) is 0.660. The van der Waals surface area contributed by atoms with Crippen LogP contribution in [0.25, 0.3) is 0 Å². The average Bonchev–Trinajstić information content (AvgIpc) is 2.98. The molecule has 42 heavy (non-hydrogen) atoms. The summed E-state index contributed by atoms with van der Waals surface area (Å²) < 4.78 is 54.2. The van der Waals surface area contributed by atoms with Gasteiger partial charge in [0.1, 0.15) is 18.4 Å². The van der Waals surface area contributed by atoms with Crippen LogP contribution in [0.1, 0.15) is 32.8 Å². The number of ether oxygens (including phenoxy) is 2. The van der Waals surface area contributed by atoms with Gasteiger partial charge in [0.05, 0.1) is 24.8 Å². The van der Waals surface area contributed by atoms with Gasteiger partial charge < -0.3 is 19.7 Å². The Labute approximate surface area is 251 Å². The van der Waals surface area contributed by atoms with Gasteiger partial charge in [-0.15, -0.1) is 0 Å². The van der Waals surface area contributed by atoms with Crippen LogP contribution in [0, 0.1) is 5.82 Å². The van der Waals surface area contributed by atoms with E-state index in [1.807, 2.05) is 13.8 Å². The minimum absolute atomic E-state index is 0.157. The van der Waals surface area contributed by atoms with E-state index in [1.54, 1.807) is 6.07 Å². The fourth-order valence-electron chi connectivity index (χ4n) is 4.10. The Morgan fingerprint density at radius 2 is 1.62 bits per heavy atom. The number of hydrogen-bond acceptors (Lipinski definition) is 6. The Morgan fingerprint density at radius 3 is 2.21 bits per heavy atom. The number of nitrogens with one attached hydrogen (secondary N) is 1. The topological polar surface area (TPSA) is 105 Å². The fourth-order valence-corrected chi connectivity index (χ4v) is 5.65. The molecule has 0 aliphatic heterocycles. The van der Waals surface area contributed by atoms with Crippen LogP contribution in [-0.4, -0.2) is 58.0 Å². The van der Waals surface area contributed by atoms with Crippen LogP contribution in [0.15, 0.2) is 71.6 Å². The van der Waals surface area contributed by atoms with Gasteiger partial charge in [-0.05, 0) is 62.7 Å². The van der Waals surface area contributed by atoms with Crippen molar-refractivity contribution in [3.05, 3.63) is 83.1 Å². The molecule has 2 amide bonds. The molecule has 0 aliphatic rings. The normalized spacial score (nSPS) is 12.6. The molecule has 0 aliphatic carbocycles. The maximum atomic E-state index is 14.7. The third-order valence-corrected chi connectivity index (χ3v) is 8.83. The molecule has 0 spiro atoms. The van der Waals surface area contributed by atoms with Crippen molar-refractivity contribution in [3.8, 4) is 11.5 Å². The highest BCUT2D eigenvalue weighted by atomic mass is 35.5. The minimum atomic E-state index is -4.37. The lowest BCUT2D eigenvalue weighted by Crippen LogP contribution is -2.52. The summed E-state index contributed by atoms with van der Waals surface area (Å²) in [5.41, 5.74) is 0.333. The van der Waals surface area contributed by atoms with Crippen molar-refractivity contribution in [2.24, 2.45) is 0 Å². The molecular formula is C30H35ClFN3O6S.